The molecule has 132 valence electrons. The molecule has 0 aliphatic carbocycles. The second kappa shape index (κ2) is 8.55. The van der Waals surface area contributed by atoms with Crippen molar-refractivity contribution >= 4 is 11.5 Å². The maximum absolute atomic E-state index is 13.3. The number of aliphatic hydroxyl groups is 1. The molecule has 2 aromatic rings. The van der Waals surface area contributed by atoms with Gasteiger partial charge in [0.1, 0.15) is 5.82 Å². The van der Waals surface area contributed by atoms with Crippen LogP contribution in [-0.4, -0.2) is 36.6 Å². The van der Waals surface area contributed by atoms with Crippen LogP contribution in [0.25, 0.3) is 5.57 Å². The van der Waals surface area contributed by atoms with Crippen LogP contribution in [0.3, 0.4) is 0 Å². The Balaban J connectivity index is 2.51. The van der Waals surface area contributed by atoms with E-state index in [0.29, 0.717) is 11.1 Å². The van der Waals surface area contributed by atoms with Crippen LogP contribution in [0.5, 0.6) is 0 Å². The van der Waals surface area contributed by atoms with E-state index in [-0.39, 0.29) is 12.4 Å². The highest BCUT2D eigenvalue weighted by molar-refractivity contribution is 5.94. The van der Waals surface area contributed by atoms with E-state index in [0.717, 1.165) is 29.7 Å². The van der Waals surface area contributed by atoms with Crippen LogP contribution in [0.15, 0.2) is 48.5 Å². The average molecular weight is 342 g/mol. The van der Waals surface area contributed by atoms with Crippen LogP contribution in [-0.2, 0) is 6.61 Å². The van der Waals surface area contributed by atoms with Gasteiger partial charge in [0.2, 0.25) is 5.91 Å². The quantitative estimate of drug-likeness (QED) is 0.813. The molecule has 0 aliphatic heterocycles. The number of carbonyl (C=O) groups excluding carboxylic acids is 1. The van der Waals surface area contributed by atoms with Gasteiger partial charge in [-0.25, -0.2) is 4.39 Å². The van der Waals surface area contributed by atoms with E-state index in [4.69, 9.17) is 5.73 Å². The third-order valence-corrected chi connectivity index (χ3v) is 3.93. The van der Waals surface area contributed by atoms with Gasteiger partial charge in [0, 0.05) is 12.1 Å². The Labute approximate surface area is 147 Å². The minimum absolute atomic E-state index is 0.220. The highest BCUT2D eigenvalue weighted by atomic mass is 19.1. The lowest BCUT2D eigenvalue weighted by atomic mass is 9.92. The third kappa shape index (κ3) is 4.98. The van der Waals surface area contributed by atoms with Crippen molar-refractivity contribution in [1.82, 2.24) is 4.90 Å². The zero-order chi connectivity index (χ0) is 18.4. The molecule has 3 N–H and O–H groups in total. The number of hydrogen-bond acceptors (Lipinski definition) is 3. The molecule has 2 rings (SSSR count). The highest BCUT2D eigenvalue weighted by Gasteiger charge is 2.12. The fourth-order valence-electron chi connectivity index (χ4n) is 2.62. The molecule has 0 heterocycles. The molecule has 0 saturated carbocycles. The Bertz CT molecular complexity index is 768. The standard InChI is InChI=1S/C20H23FN2O2/c1-23(2)11-3-4-18(14-5-8-17(21)9-6-14)19-10-7-15(20(22)25)12-16(19)13-24/h4-10,12,24H,3,11,13H2,1-2H3,(H2,22,25). The van der Waals surface area contributed by atoms with E-state index in [1.807, 2.05) is 14.1 Å². The molecule has 0 bridgehead atoms. The zero-order valence-corrected chi connectivity index (χ0v) is 14.5. The fourth-order valence-corrected chi connectivity index (χ4v) is 2.62. The van der Waals surface area contributed by atoms with Crippen molar-refractivity contribution in [2.45, 2.75) is 13.0 Å². The molecule has 0 fully saturated rings. The molecule has 0 aromatic heterocycles. The Morgan fingerprint density at radius 3 is 2.36 bits per heavy atom. The number of carbonyl (C=O) groups is 1. The molecule has 0 unspecified atom stereocenters. The van der Waals surface area contributed by atoms with Crippen molar-refractivity contribution in [3.05, 3.63) is 76.6 Å². The van der Waals surface area contributed by atoms with Gasteiger partial charge in [0.15, 0.2) is 0 Å². The molecule has 5 heteroatoms. The molecule has 0 aliphatic rings. The van der Waals surface area contributed by atoms with Gasteiger partial charge in [-0.2, -0.15) is 0 Å². The molecule has 0 spiro atoms. The predicted molar refractivity (Wildman–Crippen MR) is 97.5 cm³/mol. The summed E-state index contributed by atoms with van der Waals surface area (Å²) < 4.78 is 13.3. The molecule has 1 amide bonds. The molecule has 2 aromatic carbocycles. The molecule has 0 radical (unpaired) electrons. The maximum atomic E-state index is 13.3. The Morgan fingerprint density at radius 2 is 1.80 bits per heavy atom. The summed E-state index contributed by atoms with van der Waals surface area (Å²) in [6.45, 7) is 0.640. The summed E-state index contributed by atoms with van der Waals surface area (Å²) in [6.07, 6.45) is 2.85. The number of aliphatic hydroxyl groups excluding tert-OH is 1. The van der Waals surface area contributed by atoms with Crippen LogP contribution in [0.4, 0.5) is 4.39 Å². The van der Waals surface area contributed by atoms with E-state index in [1.165, 1.54) is 12.1 Å². The van der Waals surface area contributed by atoms with Gasteiger partial charge in [-0.1, -0.05) is 24.3 Å². The van der Waals surface area contributed by atoms with E-state index < -0.39 is 5.91 Å². The van der Waals surface area contributed by atoms with Gasteiger partial charge >= 0.3 is 0 Å². The number of halogens is 1. The topological polar surface area (TPSA) is 66.6 Å². The van der Waals surface area contributed by atoms with Gasteiger partial charge in [-0.15, -0.1) is 0 Å². The van der Waals surface area contributed by atoms with Gasteiger partial charge in [-0.05, 0) is 67.0 Å². The summed E-state index contributed by atoms with van der Waals surface area (Å²) in [5, 5.41) is 9.73. The lowest BCUT2D eigenvalue weighted by Crippen LogP contribution is -2.13. The molecule has 0 atom stereocenters. The van der Waals surface area contributed by atoms with Crippen LogP contribution in [0, 0.1) is 5.82 Å². The van der Waals surface area contributed by atoms with Crippen molar-refractivity contribution in [2.75, 3.05) is 20.6 Å². The van der Waals surface area contributed by atoms with Crippen molar-refractivity contribution < 1.29 is 14.3 Å². The number of rotatable bonds is 7. The van der Waals surface area contributed by atoms with Crippen LogP contribution >= 0.6 is 0 Å². The average Bonchev–Trinajstić information content (AvgIpc) is 2.59. The summed E-state index contributed by atoms with van der Waals surface area (Å²) in [5.74, 6) is -0.844. The van der Waals surface area contributed by atoms with E-state index in [9.17, 15) is 14.3 Å². The number of primary amides is 1. The first-order valence-electron chi connectivity index (χ1n) is 8.07. The first kappa shape index (κ1) is 18.8. The second-order valence-corrected chi connectivity index (χ2v) is 6.11. The van der Waals surface area contributed by atoms with Crippen LogP contribution in [0.1, 0.15) is 33.5 Å². The van der Waals surface area contributed by atoms with Crippen molar-refractivity contribution in [2.24, 2.45) is 5.73 Å². The summed E-state index contributed by atoms with van der Waals surface area (Å²) in [4.78, 5) is 13.5. The zero-order valence-electron chi connectivity index (χ0n) is 14.5. The molecular weight excluding hydrogens is 319 g/mol. The molecule has 4 nitrogen and oxygen atoms in total. The van der Waals surface area contributed by atoms with Gasteiger partial charge in [0.25, 0.3) is 0 Å². The number of benzene rings is 2. The third-order valence-electron chi connectivity index (χ3n) is 3.93. The Hall–Kier alpha value is -2.50. The summed E-state index contributed by atoms with van der Waals surface area (Å²) in [5.41, 5.74) is 8.82. The predicted octanol–water partition coefficient (Wildman–Crippen LogP) is 2.80. The molecular formula is C20H23FN2O2. The SMILES string of the molecule is CN(C)CCC=C(c1ccc(F)cc1)c1ccc(C(N)=O)cc1CO. The molecule has 25 heavy (non-hydrogen) atoms. The van der Waals surface area contributed by atoms with E-state index in [2.05, 4.69) is 11.0 Å². The minimum atomic E-state index is -0.541. The smallest absolute Gasteiger partial charge is 0.248 e. The maximum Gasteiger partial charge on any atom is 0.248 e. The van der Waals surface area contributed by atoms with Crippen LogP contribution in [0.2, 0.25) is 0 Å². The van der Waals surface area contributed by atoms with E-state index >= 15 is 0 Å². The highest BCUT2D eigenvalue weighted by Crippen LogP contribution is 2.28. The van der Waals surface area contributed by atoms with E-state index in [1.54, 1.807) is 30.3 Å². The largest absolute Gasteiger partial charge is 0.392 e. The number of nitrogens with zero attached hydrogens (tertiary/aromatic N) is 1. The lowest BCUT2D eigenvalue weighted by Gasteiger charge is -2.15. The molecule has 0 saturated heterocycles. The normalized spacial score (nSPS) is 11.8. The number of hydrogen-bond donors (Lipinski definition) is 2. The monoisotopic (exact) mass is 342 g/mol. The Morgan fingerprint density at radius 1 is 1.16 bits per heavy atom. The summed E-state index contributed by atoms with van der Waals surface area (Å²) >= 11 is 0. The first-order chi connectivity index (χ1) is 11.9. The first-order valence-corrected chi connectivity index (χ1v) is 8.07. The van der Waals surface area contributed by atoms with Crippen molar-refractivity contribution in [3.63, 3.8) is 0 Å². The van der Waals surface area contributed by atoms with Crippen molar-refractivity contribution in [1.29, 1.82) is 0 Å². The van der Waals surface area contributed by atoms with Gasteiger partial charge in [0.05, 0.1) is 6.61 Å². The minimum Gasteiger partial charge on any atom is -0.392 e. The van der Waals surface area contributed by atoms with Gasteiger partial charge < -0.3 is 15.7 Å². The van der Waals surface area contributed by atoms with Gasteiger partial charge in [-0.3, -0.25) is 4.79 Å². The number of amides is 1. The summed E-state index contributed by atoms with van der Waals surface area (Å²) in [7, 11) is 3.98. The fraction of sp³-hybridized carbons (Fsp3) is 0.250. The van der Waals surface area contributed by atoms with Crippen molar-refractivity contribution in [3.8, 4) is 0 Å². The second-order valence-electron chi connectivity index (χ2n) is 6.11. The Kier molecular flexibility index (Phi) is 6.44. The number of nitrogens with two attached hydrogens (primary N) is 1. The summed E-state index contributed by atoms with van der Waals surface area (Å²) in [6, 6.07) is 11.2. The van der Waals surface area contributed by atoms with Crippen LogP contribution < -0.4 is 5.73 Å². The lowest BCUT2D eigenvalue weighted by molar-refractivity contribution is 0.1000.